The van der Waals surface area contributed by atoms with Crippen LogP contribution in [0.1, 0.15) is 31.9 Å². The summed E-state index contributed by atoms with van der Waals surface area (Å²) in [6, 6.07) is 16.5. The fraction of sp³-hybridized carbons (Fsp3) is 0.286. The molecule has 7 nitrogen and oxygen atoms in total. The first-order chi connectivity index (χ1) is 18.3. The maximum atomic E-state index is 13.9. The summed E-state index contributed by atoms with van der Waals surface area (Å²) in [5.41, 5.74) is 1.37. The molecule has 0 spiro atoms. The number of sulfonamides is 1. The van der Waals surface area contributed by atoms with Gasteiger partial charge in [0.25, 0.3) is 10.0 Å². The molecule has 0 radical (unpaired) electrons. The Morgan fingerprint density at radius 1 is 0.872 bits per heavy atom. The maximum absolute atomic E-state index is 13.9. The third kappa shape index (κ3) is 7.45. The van der Waals surface area contributed by atoms with Gasteiger partial charge in [-0.2, -0.15) is 0 Å². The summed E-state index contributed by atoms with van der Waals surface area (Å²) in [5.74, 6) is -0.971. The highest BCUT2D eigenvalue weighted by molar-refractivity contribution is 7.92. The average Bonchev–Trinajstić information content (AvgIpc) is 2.89. The number of amides is 2. The number of benzene rings is 3. The largest absolute Gasteiger partial charge is 0.352 e. The molecule has 0 aliphatic rings. The van der Waals surface area contributed by atoms with Gasteiger partial charge in [0.1, 0.15) is 12.6 Å². The van der Waals surface area contributed by atoms with Gasteiger partial charge < -0.3 is 10.2 Å². The minimum atomic E-state index is -4.18. The molecular formula is C28H30Cl3N3O4S. The van der Waals surface area contributed by atoms with Crippen LogP contribution in [0.25, 0.3) is 0 Å². The van der Waals surface area contributed by atoms with Gasteiger partial charge in [-0.25, -0.2) is 8.42 Å². The van der Waals surface area contributed by atoms with E-state index in [-0.39, 0.29) is 29.1 Å². The molecule has 0 fully saturated rings. The van der Waals surface area contributed by atoms with Gasteiger partial charge in [0.2, 0.25) is 11.8 Å². The summed E-state index contributed by atoms with van der Waals surface area (Å²) >= 11 is 18.6. The van der Waals surface area contributed by atoms with Crippen LogP contribution in [0.5, 0.6) is 0 Å². The van der Waals surface area contributed by atoms with Crippen molar-refractivity contribution in [2.24, 2.45) is 0 Å². The van der Waals surface area contributed by atoms with E-state index in [1.165, 1.54) is 17.0 Å². The van der Waals surface area contributed by atoms with Gasteiger partial charge in [-0.3, -0.25) is 13.9 Å². The Hall–Kier alpha value is -2.78. The number of nitrogens with one attached hydrogen (secondary N) is 1. The molecule has 0 unspecified atom stereocenters. The molecule has 3 aromatic carbocycles. The van der Waals surface area contributed by atoms with E-state index in [1.807, 2.05) is 13.8 Å². The summed E-state index contributed by atoms with van der Waals surface area (Å²) in [4.78, 5) is 28.3. The first-order valence-corrected chi connectivity index (χ1v) is 14.8. The van der Waals surface area contributed by atoms with E-state index in [4.69, 9.17) is 34.8 Å². The molecule has 0 aliphatic heterocycles. The summed E-state index contributed by atoms with van der Waals surface area (Å²) in [6.07, 6.45) is 0. The van der Waals surface area contributed by atoms with E-state index in [0.29, 0.717) is 26.2 Å². The molecule has 39 heavy (non-hydrogen) atoms. The second-order valence-corrected chi connectivity index (χ2v) is 12.4. The molecule has 0 aromatic heterocycles. The van der Waals surface area contributed by atoms with Crippen LogP contribution < -0.4 is 9.62 Å². The van der Waals surface area contributed by atoms with Crippen LogP contribution in [0.2, 0.25) is 15.1 Å². The van der Waals surface area contributed by atoms with Crippen LogP contribution in [0, 0.1) is 6.92 Å². The lowest BCUT2D eigenvalue weighted by Gasteiger charge is -2.33. The van der Waals surface area contributed by atoms with Gasteiger partial charge in [0.15, 0.2) is 0 Å². The van der Waals surface area contributed by atoms with E-state index >= 15 is 0 Å². The molecule has 0 saturated carbocycles. The summed E-state index contributed by atoms with van der Waals surface area (Å²) < 4.78 is 28.7. The lowest BCUT2D eigenvalue weighted by molar-refractivity contribution is -0.139. The van der Waals surface area contributed by atoms with Crippen LogP contribution in [-0.4, -0.2) is 43.8 Å². The van der Waals surface area contributed by atoms with Crippen molar-refractivity contribution in [3.05, 3.63) is 92.9 Å². The minimum absolute atomic E-state index is 0.00381. The molecule has 0 aliphatic carbocycles. The number of hydrogen-bond donors (Lipinski definition) is 1. The minimum Gasteiger partial charge on any atom is -0.352 e. The predicted octanol–water partition coefficient (Wildman–Crippen LogP) is 6.09. The Bertz CT molecular complexity index is 1450. The van der Waals surface area contributed by atoms with Crippen molar-refractivity contribution in [3.63, 3.8) is 0 Å². The van der Waals surface area contributed by atoms with Gasteiger partial charge in [-0.15, -0.1) is 0 Å². The zero-order valence-corrected chi connectivity index (χ0v) is 25.1. The van der Waals surface area contributed by atoms with Gasteiger partial charge >= 0.3 is 0 Å². The maximum Gasteiger partial charge on any atom is 0.264 e. The van der Waals surface area contributed by atoms with Gasteiger partial charge in [0.05, 0.1) is 20.6 Å². The standard InChI is InChI=1S/C28H30Cl3N3O4S/c1-18(2)32-28(36)20(4)33(16-21-13-14-24(30)25(31)15-21)27(35)17-34(26-12-8-11-23(29)19(26)3)39(37,38)22-9-6-5-7-10-22/h5-15,18,20H,16-17H2,1-4H3,(H,32,36)/t20-/m1/s1. The Balaban J connectivity index is 2.08. The van der Waals surface area contributed by atoms with Crippen molar-refractivity contribution in [1.29, 1.82) is 0 Å². The van der Waals surface area contributed by atoms with Crippen LogP contribution in [-0.2, 0) is 26.2 Å². The van der Waals surface area contributed by atoms with Crippen molar-refractivity contribution in [2.45, 2.75) is 51.2 Å². The van der Waals surface area contributed by atoms with E-state index in [2.05, 4.69) is 5.32 Å². The third-order valence-electron chi connectivity index (χ3n) is 6.05. The van der Waals surface area contributed by atoms with Gasteiger partial charge in [-0.1, -0.05) is 65.1 Å². The smallest absolute Gasteiger partial charge is 0.264 e. The molecule has 1 atom stereocenters. The lowest BCUT2D eigenvalue weighted by atomic mass is 10.1. The van der Waals surface area contributed by atoms with E-state index < -0.39 is 28.5 Å². The number of hydrogen-bond acceptors (Lipinski definition) is 4. The fourth-order valence-corrected chi connectivity index (χ4v) is 5.90. The quantitative estimate of drug-likeness (QED) is 0.301. The van der Waals surface area contributed by atoms with Crippen molar-refractivity contribution in [3.8, 4) is 0 Å². The molecule has 3 rings (SSSR count). The predicted molar refractivity (Wildman–Crippen MR) is 157 cm³/mol. The monoisotopic (exact) mass is 609 g/mol. The van der Waals surface area contributed by atoms with Gasteiger partial charge in [0, 0.05) is 17.6 Å². The van der Waals surface area contributed by atoms with E-state index in [0.717, 1.165) is 4.31 Å². The first-order valence-electron chi connectivity index (χ1n) is 12.2. The second kappa shape index (κ2) is 13.0. The third-order valence-corrected chi connectivity index (χ3v) is 8.98. The summed E-state index contributed by atoms with van der Waals surface area (Å²) in [7, 11) is -4.18. The van der Waals surface area contributed by atoms with Crippen LogP contribution in [0.3, 0.4) is 0 Å². The van der Waals surface area contributed by atoms with Crippen molar-refractivity contribution < 1.29 is 18.0 Å². The molecule has 208 valence electrons. The SMILES string of the molecule is Cc1c(Cl)cccc1N(CC(=O)N(Cc1ccc(Cl)c(Cl)c1)[C@H](C)C(=O)NC(C)C)S(=O)(=O)c1ccccc1. The molecule has 0 saturated heterocycles. The highest BCUT2D eigenvalue weighted by Crippen LogP contribution is 2.31. The van der Waals surface area contributed by atoms with Crippen molar-refractivity contribution in [2.75, 3.05) is 10.8 Å². The van der Waals surface area contributed by atoms with Crippen molar-refractivity contribution >= 4 is 62.3 Å². The average molecular weight is 611 g/mol. The van der Waals surface area contributed by atoms with Crippen LogP contribution in [0.4, 0.5) is 5.69 Å². The number of anilines is 1. The highest BCUT2D eigenvalue weighted by Gasteiger charge is 2.33. The fourth-order valence-electron chi connectivity index (χ4n) is 3.92. The normalized spacial score (nSPS) is 12.2. The molecule has 11 heteroatoms. The Labute approximate surface area is 244 Å². The molecule has 0 bridgehead atoms. The molecule has 0 heterocycles. The van der Waals surface area contributed by atoms with E-state index in [9.17, 15) is 18.0 Å². The number of rotatable bonds is 10. The topological polar surface area (TPSA) is 86.8 Å². The molecular weight excluding hydrogens is 581 g/mol. The first kappa shape index (κ1) is 30.8. The zero-order chi connectivity index (χ0) is 28.9. The Morgan fingerprint density at radius 3 is 2.15 bits per heavy atom. The summed E-state index contributed by atoms with van der Waals surface area (Å²) in [5, 5.41) is 3.81. The Kier molecular flexibility index (Phi) is 10.3. The molecule has 3 aromatic rings. The number of nitrogens with zero attached hydrogens (tertiary/aromatic N) is 2. The molecule has 1 N–H and O–H groups in total. The second-order valence-electron chi connectivity index (χ2n) is 9.32. The Morgan fingerprint density at radius 2 is 1.54 bits per heavy atom. The van der Waals surface area contributed by atoms with Crippen LogP contribution in [0.15, 0.2) is 71.6 Å². The van der Waals surface area contributed by atoms with Crippen LogP contribution >= 0.6 is 34.8 Å². The highest BCUT2D eigenvalue weighted by atomic mass is 35.5. The number of carbonyl (C=O) groups is 2. The van der Waals surface area contributed by atoms with E-state index in [1.54, 1.807) is 68.4 Å². The lowest BCUT2D eigenvalue weighted by Crippen LogP contribution is -2.52. The van der Waals surface area contributed by atoms with Crippen molar-refractivity contribution in [1.82, 2.24) is 10.2 Å². The number of halogens is 3. The number of carbonyl (C=O) groups excluding carboxylic acids is 2. The summed E-state index contributed by atoms with van der Waals surface area (Å²) in [6.45, 7) is 6.32. The molecule has 2 amide bonds. The van der Waals surface area contributed by atoms with Gasteiger partial charge in [-0.05, 0) is 75.2 Å². The zero-order valence-electron chi connectivity index (χ0n) is 22.0.